The lowest BCUT2D eigenvalue weighted by molar-refractivity contribution is -0.359. The Labute approximate surface area is 612 Å². The summed E-state index contributed by atoms with van der Waals surface area (Å²) in [6, 6.07) is -0.918. The number of amides is 1. The fourth-order valence-electron chi connectivity index (χ4n) is 13.8. The summed E-state index contributed by atoms with van der Waals surface area (Å²) < 4.78 is 22.9. The quantitative estimate of drug-likeness (QED) is 0.0204. The molecule has 12 atom stereocenters. The number of carbonyl (C=O) groups is 1. The number of hydrogen-bond acceptors (Lipinski definition) is 13. The number of hydrogen-bond donors (Lipinski definition) is 9. The fourth-order valence-corrected chi connectivity index (χ4v) is 13.8. The maximum atomic E-state index is 13.4. The normalized spacial score (nSPS) is 22.2. The highest BCUT2D eigenvalue weighted by Gasteiger charge is 2.51. The summed E-state index contributed by atoms with van der Waals surface area (Å²) in [7, 11) is 0. The molecule has 9 N–H and O–H groups in total. The lowest BCUT2D eigenvalue weighted by Gasteiger charge is -2.46. The SMILES string of the molecule is CC/C=C\C/C=C\C/C=C\C/C=C\C/C=C\CCCCCCCCCCCCCCCCCCCCCCCC(=O)NC(COC1OC(CO)C(OC2OC(CO)C(O)C(O)C2O)C(O)C1O)C(O)/C=C/CCCCCCCCCCCCCCCCCCCCCCCCCCCCC. The Morgan fingerprint density at radius 2 is 0.690 bits per heavy atom. The molecule has 0 spiro atoms. The highest BCUT2D eigenvalue weighted by Crippen LogP contribution is 2.30. The van der Waals surface area contributed by atoms with Crippen LogP contribution >= 0.6 is 0 Å². The maximum Gasteiger partial charge on any atom is 0.220 e. The maximum absolute atomic E-state index is 13.4. The minimum atomic E-state index is -1.79. The van der Waals surface area contributed by atoms with Gasteiger partial charge < -0.3 is 65.1 Å². The Morgan fingerprint density at radius 3 is 1.06 bits per heavy atom. The molecule has 0 aromatic heterocycles. The molecular formula is C86H157NO13. The van der Waals surface area contributed by atoms with E-state index in [1.54, 1.807) is 6.08 Å². The van der Waals surface area contributed by atoms with Gasteiger partial charge in [-0.1, -0.05) is 376 Å². The third-order valence-electron chi connectivity index (χ3n) is 20.4. The van der Waals surface area contributed by atoms with Crippen LogP contribution in [0.25, 0.3) is 0 Å². The van der Waals surface area contributed by atoms with Crippen LogP contribution < -0.4 is 5.32 Å². The van der Waals surface area contributed by atoms with Crippen LogP contribution in [0.5, 0.6) is 0 Å². The first kappa shape index (κ1) is 93.5. The Balaban J connectivity index is 1.59. The first-order valence-corrected chi connectivity index (χ1v) is 42.2. The van der Waals surface area contributed by atoms with E-state index in [0.717, 1.165) is 70.6 Å². The predicted molar refractivity (Wildman–Crippen MR) is 415 cm³/mol. The molecule has 2 rings (SSSR count). The first-order chi connectivity index (χ1) is 49.1. The van der Waals surface area contributed by atoms with Gasteiger partial charge in [-0.25, -0.2) is 0 Å². The lowest BCUT2D eigenvalue weighted by Crippen LogP contribution is -2.65. The summed E-state index contributed by atoms with van der Waals surface area (Å²) in [6.45, 7) is 2.75. The van der Waals surface area contributed by atoms with Crippen molar-refractivity contribution >= 4 is 5.91 Å². The third-order valence-corrected chi connectivity index (χ3v) is 20.4. The van der Waals surface area contributed by atoms with E-state index in [-0.39, 0.29) is 18.9 Å². The van der Waals surface area contributed by atoms with E-state index in [1.807, 2.05) is 6.08 Å². The summed E-state index contributed by atoms with van der Waals surface area (Å²) in [5, 5.41) is 87.8. The molecule has 0 bridgehead atoms. The molecule has 584 valence electrons. The van der Waals surface area contributed by atoms with E-state index in [4.69, 9.17) is 18.9 Å². The molecule has 14 heteroatoms. The molecule has 2 aliphatic rings. The van der Waals surface area contributed by atoms with Crippen molar-refractivity contribution in [2.75, 3.05) is 19.8 Å². The van der Waals surface area contributed by atoms with Crippen LogP contribution in [-0.4, -0.2) is 140 Å². The summed E-state index contributed by atoms with van der Waals surface area (Å²) in [6.07, 6.45) is 79.9. The first-order valence-electron chi connectivity index (χ1n) is 42.2. The van der Waals surface area contributed by atoms with Gasteiger partial charge in [-0.2, -0.15) is 0 Å². The van der Waals surface area contributed by atoms with E-state index in [2.05, 4.69) is 79.9 Å². The largest absolute Gasteiger partial charge is 0.394 e. The van der Waals surface area contributed by atoms with E-state index in [1.165, 1.54) is 276 Å². The summed E-state index contributed by atoms with van der Waals surface area (Å²) >= 11 is 0. The Kier molecular flexibility index (Phi) is 65.0. The number of aliphatic hydroxyl groups excluding tert-OH is 8. The summed E-state index contributed by atoms with van der Waals surface area (Å²) in [5.41, 5.74) is 0. The molecule has 12 unspecified atom stereocenters. The van der Waals surface area contributed by atoms with Crippen LogP contribution in [0.2, 0.25) is 0 Å². The van der Waals surface area contributed by atoms with Crippen molar-refractivity contribution in [2.45, 2.75) is 447 Å². The van der Waals surface area contributed by atoms with Gasteiger partial charge in [0.25, 0.3) is 0 Å². The zero-order chi connectivity index (χ0) is 72.2. The number of carbonyl (C=O) groups excluding carboxylic acids is 1. The highest BCUT2D eigenvalue weighted by molar-refractivity contribution is 5.76. The van der Waals surface area contributed by atoms with Crippen molar-refractivity contribution < 1.29 is 64.6 Å². The second-order valence-corrected chi connectivity index (χ2v) is 29.6. The standard InChI is InChI=1S/C86H157NO13/c1-3-5-7-9-11-13-15-17-19-21-23-25-27-29-31-33-34-35-36-37-38-39-40-42-44-46-48-50-52-54-56-58-60-62-64-66-68-70-78(91)87-74(73-97-85-83(96)81(94)84(77(72-89)99-85)100-86-82(95)80(93)79(92)76(71-88)98-86)75(90)69-67-65-63-61-59-57-55-53-51-49-47-45-43-41-32-30-28-26-24-22-20-18-16-14-12-10-8-6-4-2/h5,7,11,13,17,19,23,25,29,31,67,69,74-77,79-86,88-90,92-96H,3-4,6,8-10,12,14-16,18,20-22,24,26-28,30,32-66,68,70-73H2,1-2H3,(H,87,91)/b7-5-,13-11-,19-17-,25-23-,31-29-,69-67+. The van der Waals surface area contributed by atoms with Gasteiger partial charge >= 0.3 is 0 Å². The van der Waals surface area contributed by atoms with Gasteiger partial charge in [0.1, 0.15) is 48.8 Å². The number of ether oxygens (including phenoxy) is 4. The Bertz CT molecular complexity index is 1960. The minimum absolute atomic E-state index is 0.233. The van der Waals surface area contributed by atoms with E-state index < -0.39 is 86.8 Å². The number of allylic oxidation sites excluding steroid dienone is 11. The predicted octanol–water partition coefficient (Wildman–Crippen LogP) is 19.7. The number of nitrogens with one attached hydrogen (secondary N) is 1. The van der Waals surface area contributed by atoms with Gasteiger partial charge in [-0.15, -0.1) is 0 Å². The zero-order valence-corrected chi connectivity index (χ0v) is 64.2. The molecule has 100 heavy (non-hydrogen) atoms. The van der Waals surface area contributed by atoms with Gasteiger partial charge in [0, 0.05) is 6.42 Å². The highest BCUT2D eigenvalue weighted by atomic mass is 16.7. The van der Waals surface area contributed by atoms with Crippen molar-refractivity contribution in [2.24, 2.45) is 0 Å². The molecular weight excluding hydrogens is 1250 g/mol. The van der Waals surface area contributed by atoms with Crippen molar-refractivity contribution in [3.63, 3.8) is 0 Å². The number of rotatable bonds is 71. The molecule has 0 aromatic carbocycles. The minimum Gasteiger partial charge on any atom is -0.394 e. The van der Waals surface area contributed by atoms with E-state index in [0.29, 0.717) is 6.42 Å². The van der Waals surface area contributed by atoms with Crippen LogP contribution in [0.3, 0.4) is 0 Å². The Morgan fingerprint density at radius 1 is 0.370 bits per heavy atom. The van der Waals surface area contributed by atoms with E-state index >= 15 is 0 Å². The topological polar surface area (TPSA) is 228 Å². The molecule has 0 saturated carbocycles. The Hall–Kier alpha value is -2.57. The van der Waals surface area contributed by atoms with Crippen LogP contribution in [0.15, 0.2) is 72.9 Å². The van der Waals surface area contributed by atoms with Gasteiger partial charge in [0.15, 0.2) is 12.6 Å². The number of aliphatic hydroxyl groups is 8. The molecule has 2 heterocycles. The molecule has 0 aliphatic carbocycles. The molecule has 1 amide bonds. The van der Waals surface area contributed by atoms with E-state index in [9.17, 15) is 45.6 Å². The summed E-state index contributed by atoms with van der Waals surface area (Å²) in [4.78, 5) is 13.4. The van der Waals surface area contributed by atoms with Gasteiger partial charge in [0.05, 0.1) is 32.0 Å². The molecule has 2 fully saturated rings. The van der Waals surface area contributed by atoms with Crippen molar-refractivity contribution in [3.05, 3.63) is 72.9 Å². The van der Waals surface area contributed by atoms with Crippen molar-refractivity contribution in [1.29, 1.82) is 0 Å². The fraction of sp³-hybridized carbons (Fsp3) is 0.849. The summed E-state index contributed by atoms with van der Waals surface area (Å²) in [5.74, 6) is -0.233. The van der Waals surface area contributed by atoms with Crippen molar-refractivity contribution in [3.8, 4) is 0 Å². The molecule has 2 saturated heterocycles. The lowest BCUT2D eigenvalue weighted by atomic mass is 9.97. The van der Waals surface area contributed by atoms with Crippen molar-refractivity contribution in [1.82, 2.24) is 5.32 Å². The smallest absolute Gasteiger partial charge is 0.220 e. The molecule has 2 aliphatic heterocycles. The third kappa shape index (κ3) is 51.6. The van der Waals surface area contributed by atoms with Crippen LogP contribution in [0.1, 0.15) is 373 Å². The van der Waals surface area contributed by atoms with Crippen LogP contribution in [-0.2, 0) is 23.7 Å². The second-order valence-electron chi connectivity index (χ2n) is 29.6. The van der Waals surface area contributed by atoms with Gasteiger partial charge in [-0.3, -0.25) is 4.79 Å². The second kappa shape index (κ2) is 69.5. The molecule has 0 aromatic rings. The van der Waals surface area contributed by atoms with Gasteiger partial charge in [0.2, 0.25) is 5.91 Å². The monoisotopic (exact) mass is 1410 g/mol. The van der Waals surface area contributed by atoms with Crippen LogP contribution in [0, 0.1) is 0 Å². The molecule has 0 radical (unpaired) electrons. The average molecular weight is 1410 g/mol. The number of unbranched alkanes of at least 4 members (excludes halogenated alkanes) is 48. The zero-order valence-electron chi connectivity index (χ0n) is 64.2. The van der Waals surface area contributed by atoms with Gasteiger partial charge in [-0.05, 0) is 64.2 Å². The van der Waals surface area contributed by atoms with Crippen LogP contribution in [0.4, 0.5) is 0 Å². The average Bonchev–Trinajstić information content (AvgIpc) is 0.791. The molecule has 14 nitrogen and oxygen atoms in total.